The van der Waals surface area contributed by atoms with E-state index < -0.39 is 5.97 Å². The summed E-state index contributed by atoms with van der Waals surface area (Å²) in [5.74, 6) is -0.780. The Balaban J connectivity index is 2.28. The Kier molecular flexibility index (Phi) is 2.27. The SMILES string of the molecule is CCNC1CCC1C(=O)O. The molecule has 10 heavy (non-hydrogen) atoms. The molecule has 0 aliphatic heterocycles. The average molecular weight is 143 g/mol. The van der Waals surface area contributed by atoms with E-state index in [4.69, 9.17) is 5.11 Å². The average Bonchev–Trinajstić information content (AvgIpc) is 1.78. The Bertz CT molecular complexity index is 136. The minimum absolute atomic E-state index is 0.125. The molecule has 0 aromatic carbocycles. The van der Waals surface area contributed by atoms with E-state index in [1.165, 1.54) is 0 Å². The zero-order chi connectivity index (χ0) is 7.56. The molecule has 58 valence electrons. The first-order valence-corrected chi connectivity index (χ1v) is 3.72. The smallest absolute Gasteiger partial charge is 0.308 e. The summed E-state index contributed by atoms with van der Waals surface area (Å²) >= 11 is 0. The second-order valence-corrected chi connectivity index (χ2v) is 2.69. The molecule has 1 aliphatic carbocycles. The first kappa shape index (κ1) is 7.54. The molecule has 0 radical (unpaired) electrons. The van der Waals surface area contributed by atoms with Gasteiger partial charge in [-0.1, -0.05) is 6.92 Å². The molecule has 0 aromatic rings. The maximum Gasteiger partial charge on any atom is 0.308 e. The zero-order valence-corrected chi connectivity index (χ0v) is 6.13. The van der Waals surface area contributed by atoms with Gasteiger partial charge in [-0.2, -0.15) is 0 Å². The summed E-state index contributed by atoms with van der Waals surface area (Å²) in [4.78, 5) is 10.4. The van der Waals surface area contributed by atoms with Gasteiger partial charge in [-0.25, -0.2) is 0 Å². The Morgan fingerprint density at radius 1 is 1.70 bits per heavy atom. The van der Waals surface area contributed by atoms with Gasteiger partial charge in [-0.05, 0) is 19.4 Å². The molecule has 1 fully saturated rings. The van der Waals surface area contributed by atoms with Crippen LogP contribution in [0.4, 0.5) is 0 Å². The van der Waals surface area contributed by atoms with E-state index in [1.807, 2.05) is 6.92 Å². The van der Waals surface area contributed by atoms with Gasteiger partial charge >= 0.3 is 5.97 Å². The van der Waals surface area contributed by atoms with Crippen LogP contribution in [0.15, 0.2) is 0 Å². The number of hydrogen-bond acceptors (Lipinski definition) is 2. The van der Waals surface area contributed by atoms with Crippen molar-refractivity contribution in [3.63, 3.8) is 0 Å². The van der Waals surface area contributed by atoms with Crippen molar-refractivity contribution >= 4 is 5.97 Å². The van der Waals surface area contributed by atoms with Crippen LogP contribution in [0.2, 0.25) is 0 Å². The number of carboxylic acids is 1. The normalized spacial score (nSPS) is 31.3. The fourth-order valence-corrected chi connectivity index (χ4v) is 1.30. The van der Waals surface area contributed by atoms with Gasteiger partial charge in [0.15, 0.2) is 0 Å². The lowest BCUT2D eigenvalue weighted by Crippen LogP contribution is -2.47. The fraction of sp³-hybridized carbons (Fsp3) is 0.857. The largest absolute Gasteiger partial charge is 0.481 e. The fourth-order valence-electron chi connectivity index (χ4n) is 1.30. The van der Waals surface area contributed by atoms with Crippen LogP contribution >= 0.6 is 0 Å². The molecule has 2 N–H and O–H groups in total. The number of carboxylic acid groups (broad SMARTS) is 1. The van der Waals surface area contributed by atoms with Gasteiger partial charge < -0.3 is 10.4 Å². The molecular weight excluding hydrogens is 130 g/mol. The number of aliphatic carboxylic acids is 1. The zero-order valence-electron chi connectivity index (χ0n) is 6.13. The number of rotatable bonds is 3. The van der Waals surface area contributed by atoms with Crippen LogP contribution in [0.3, 0.4) is 0 Å². The van der Waals surface area contributed by atoms with Crippen LogP contribution in [0.25, 0.3) is 0 Å². The number of hydrogen-bond donors (Lipinski definition) is 2. The summed E-state index contributed by atoms with van der Waals surface area (Å²) in [6.45, 7) is 2.87. The van der Waals surface area contributed by atoms with Crippen molar-refractivity contribution in [1.29, 1.82) is 0 Å². The van der Waals surface area contributed by atoms with E-state index in [0.717, 1.165) is 19.4 Å². The molecule has 2 unspecified atom stereocenters. The standard InChI is InChI=1S/C7H13NO2/c1-2-8-6-4-3-5(6)7(9)10/h5-6,8H,2-4H2,1H3,(H,9,10). The van der Waals surface area contributed by atoms with E-state index in [1.54, 1.807) is 0 Å². The van der Waals surface area contributed by atoms with Gasteiger partial charge in [-0.15, -0.1) is 0 Å². The lowest BCUT2D eigenvalue weighted by atomic mass is 9.80. The highest BCUT2D eigenvalue weighted by Crippen LogP contribution is 2.27. The van der Waals surface area contributed by atoms with E-state index >= 15 is 0 Å². The van der Waals surface area contributed by atoms with Gasteiger partial charge in [0.25, 0.3) is 0 Å². The molecule has 0 spiro atoms. The molecule has 0 saturated heterocycles. The van der Waals surface area contributed by atoms with Crippen LogP contribution < -0.4 is 5.32 Å². The minimum atomic E-state index is -0.655. The molecule has 2 atom stereocenters. The summed E-state index contributed by atoms with van der Waals surface area (Å²) in [5.41, 5.74) is 0. The van der Waals surface area contributed by atoms with Crippen molar-refractivity contribution in [2.75, 3.05) is 6.54 Å². The van der Waals surface area contributed by atoms with Crippen LogP contribution in [0.1, 0.15) is 19.8 Å². The highest BCUT2D eigenvalue weighted by molar-refractivity contribution is 5.72. The molecule has 3 heteroatoms. The predicted molar refractivity (Wildman–Crippen MR) is 37.8 cm³/mol. The van der Waals surface area contributed by atoms with Gasteiger partial charge in [0.2, 0.25) is 0 Å². The van der Waals surface area contributed by atoms with E-state index in [2.05, 4.69) is 5.32 Å². The highest BCUT2D eigenvalue weighted by Gasteiger charge is 2.35. The van der Waals surface area contributed by atoms with Crippen molar-refractivity contribution in [3.8, 4) is 0 Å². The maximum absolute atomic E-state index is 10.4. The summed E-state index contributed by atoms with van der Waals surface area (Å²) in [6.07, 6.45) is 1.86. The van der Waals surface area contributed by atoms with Gasteiger partial charge in [0.05, 0.1) is 5.92 Å². The summed E-state index contributed by atoms with van der Waals surface area (Å²) in [6, 6.07) is 0.238. The number of nitrogens with one attached hydrogen (secondary N) is 1. The van der Waals surface area contributed by atoms with Gasteiger partial charge in [0.1, 0.15) is 0 Å². The maximum atomic E-state index is 10.4. The van der Waals surface area contributed by atoms with Crippen molar-refractivity contribution < 1.29 is 9.90 Å². The third-order valence-corrected chi connectivity index (χ3v) is 2.06. The molecule has 0 heterocycles. The minimum Gasteiger partial charge on any atom is -0.481 e. The second kappa shape index (κ2) is 3.01. The summed E-state index contributed by atoms with van der Waals surface area (Å²) in [5, 5.41) is 11.7. The molecule has 1 rings (SSSR count). The third-order valence-electron chi connectivity index (χ3n) is 2.06. The highest BCUT2D eigenvalue weighted by atomic mass is 16.4. The predicted octanol–water partition coefficient (Wildman–Crippen LogP) is 0.459. The third kappa shape index (κ3) is 1.29. The topological polar surface area (TPSA) is 49.3 Å². The van der Waals surface area contributed by atoms with Crippen LogP contribution in [-0.2, 0) is 4.79 Å². The first-order chi connectivity index (χ1) is 4.75. The lowest BCUT2D eigenvalue weighted by molar-refractivity contribution is -0.145. The molecule has 0 bridgehead atoms. The first-order valence-electron chi connectivity index (χ1n) is 3.72. The van der Waals surface area contributed by atoms with Crippen molar-refractivity contribution in [2.45, 2.75) is 25.8 Å². The van der Waals surface area contributed by atoms with E-state index in [0.29, 0.717) is 0 Å². The Morgan fingerprint density at radius 2 is 2.40 bits per heavy atom. The molecular formula is C7H13NO2. The van der Waals surface area contributed by atoms with Crippen LogP contribution in [-0.4, -0.2) is 23.7 Å². The van der Waals surface area contributed by atoms with Crippen LogP contribution in [0.5, 0.6) is 0 Å². The monoisotopic (exact) mass is 143 g/mol. The Hall–Kier alpha value is -0.570. The van der Waals surface area contributed by atoms with E-state index in [-0.39, 0.29) is 12.0 Å². The van der Waals surface area contributed by atoms with Gasteiger partial charge in [-0.3, -0.25) is 4.79 Å². The molecule has 0 amide bonds. The Morgan fingerprint density at radius 3 is 2.70 bits per heavy atom. The molecule has 0 aromatic heterocycles. The van der Waals surface area contributed by atoms with Crippen LogP contribution in [0, 0.1) is 5.92 Å². The summed E-state index contributed by atoms with van der Waals surface area (Å²) < 4.78 is 0. The second-order valence-electron chi connectivity index (χ2n) is 2.69. The lowest BCUT2D eigenvalue weighted by Gasteiger charge is -2.33. The van der Waals surface area contributed by atoms with Crippen molar-refractivity contribution in [3.05, 3.63) is 0 Å². The molecule has 1 aliphatic rings. The Labute approximate surface area is 60.4 Å². The van der Waals surface area contributed by atoms with Crippen molar-refractivity contribution in [1.82, 2.24) is 5.32 Å². The quantitative estimate of drug-likeness (QED) is 0.603. The molecule has 1 saturated carbocycles. The van der Waals surface area contributed by atoms with Crippen molar-refractivity contribution in [2.24, 2.45) is 5.92 Å². The van der Waals surface area contributed by atoms with E-state index in [9.17, 15) is 4.79 Å². The van der Waals surface area contributed by atoms with Gasteiger partial charge in [0, 0.05) is 6.04 Å². The molecule has 3 nitrogen and oxygen atoms in total. The number of carbonyl (C=O) groups is 1. The summed E-state index contributed by atoms with van der Waals surface area (Å²) in [7, 11) is 0.